The first kappa shape index (κ1) is 15.8. The highest BCUT2D eigenvalue weighted by atomic mass is 32.1. The predicted molar refractivity (Wildman–Crippen MR) is 88.5 cm³/mol. The van der Waals surface area contributed by atoms with Crippen LogP contribution >= 0.6 is 11.5 Å². The van der Waals surface area contributed by atoms with Gasteiger partial charge in [-0.3, -0.25) is 5.10 Å². The normalized spacial score (nSPS) is 11.3. The van der Waals surface area contributed by atoms with Gasteiger partial charge in [0.2, 0.25) is 0 Å². The van der Waals surface area contributed by atoms with E-state index < -0.39 is 0 Å². The van der Waals surface area contributed by atoms with Gasteiger partial charge in [0, 0.05) is 24.2 Å². The molecular weight excluding hydrogens is 313 g/mol. The van der Waals surface area contributed by atoms with Gasteiger partial charge in [-0.2, -0.15) is 5.10 Å². The maximum atomic E-state index is 13.0. The van der Waals surface area contributed by atoms with Gasteiger partial charge in [-0.15, -0.1) is 5.10 Å². The van der Waals surface area contributed by atoms with Crippen LogP contribution in [0.4, 0.5) is 4.39 Å². The van der Waals surface area contributed by atoms with E-state index in [-0.39, 0.29) is 5.82 Å². The van der Waals surface area contributed by atoms with E-state index in [2.05, 4.69) is 38.9 Å². The van der Waals surface area contributed by atoms with Crippen LogP contribution in [-0.2, 0) is 13.1 Å². The third kappa shape index (κ3) is 3.62. The van der Waals surface area contributed by atoms with Gasteiger partial charge in [0.15, 0.2) is 0 Å². The molecule has 7 heteroatoms. The number of H-pyrrole nitrogens is 1. The summed E-state index contributed by atoms with van der Waals surface area (Å²) in [6.45, 7) is 5.61. The van der Waals surface area contributed by atoms with Crippen molar-refractivity contribution in [2.75, 3.05) is 0 Å². The zero-order valence-electron chi connectivity index (χ0n) is 13.0. The van der Waals surface area contributed by atoms with Gasteiger partial charge in [-0.05, 0) is 41.7 Å². The van der Waals surface area contributed by atoms with E-state index in [9.17, 15) is 4.39 Å². The van der Waals surface area contributed by atoms with E-state index >= 15 is 0 Å². The Balaban J connectivity index is 1.67. The third-order valence-corrected chi connectivity index (χ3v) is 4.32. The van der Waals surface area contributed by atoms with Gasteiger partial charge in [-0.25, -0.2) is 4.39 Å². The summed E-state index contributed by atoms with van der Waals surface area (Å²) in [4.78, 5) is 1.16. The SMILES string of the molecule is CC(C)c1nnsc1CNCc1cn[nH]c1-c1ccc(F)cc1. The fraction of sp³-hybridized carbons (Fsp3) is 0.312. The highest BCUT2D eigenvalue weighted by molar-refractivity contribution is 7.05. The number of benzene rings is 1. The molecule has 0 saturated heterocycles. The van der Waals surface area contributed by atoms with Crippen LogP contribution in [0.2, 0.25) is 0 Å². The molecule has 2 N–H and O–H groups in total. The van der Waals surface area contributed by atoms with Crippen molar-refractivity contribution in [3.8, 4) is 11.3 Å². The second-order valence-electron chi connectivity index (χ2n) is 5.62. The molecule has 120 valence electrons. The van der Waals surface area contributed by atoms with Gasteiger partial charge >= 0.3 is 0 Å². The number of rotatable bonds is 6. The van der Waals surface area contributed by atoms with E-state index in [1.165, 1.54) is 23.7 Å². The van der Waals surface area contributed by atoms with Gasteiger partial charge in [0.1, 0.15) is 5.82 Å². The second-order valence-corrected chi connectivity index (χ2v) is 6.46. The Morgan fingerprint density at radius 2 is 2.00 bits per heavy atom. The average molecular weight is 331 g/mol. The van der Waals surface area contributed by atoms with E-state index in [1.54, 1.807) is 18.3 Å². The van der Waals surface area contributed by atoms with Crippen LogP contribution in [0.3, 0.4) is 0 Å². The largest absolute Gasteiger partial charge is 0.308 e. The van der Waals surface area contributed by atoms with Crippen LogP contribution in [0.25, 0.3) is 11.3 Å². The lowest BCUT2D eigenvalue weighted by Gasteiger charge is -2.07. The Morgan fingerprint density at radius 3 is 2.74 bits per heavy atom. The molecule has 0 saturated carbocycles. The first-order valence-corrected chi connectivity index (χ1v) is 8.22. The topological polar surface area (TPSA) is 66.5 Å². The van der Waals surface area contributed by atoms with E-state index in [4.69, 9.17) is 0 Å². The van der Waals surface area contributed by atoms with Crippen molar-refractivity contribution in [2.24, 2.45) is 0 Å². The standard InChI is InChI=1S/C16H18FN5S/c1-10(2)15-14(23-22-21-15)9-18-7-12-8-19-20-16(12)11-3-5-13(17)6-4-11/h3-6,8,10,18H,7,9H2,1-2H3,(H,19,20). The van der Waals surface area contributed by atoms with Crippen molar-refractivity contribution < 1.29 is 4.39 Å². The number of aromatic nitrogens is 4. The highest BCUT2D eigenvalue weighted by Gasteiger charge is 2.12. The van der Waals surface area contributed by atoms with Gasteiger partial charge in [0.25, 0.3) is 0 Å². The number of nitrogens with one attached hydrogen (secondary N) is 2. The average Bonchev–Trinajstić information content (AvgIpc) is 3.17. The minimum atomic E-state index is -0.244. The maximum absolute atomic E-state index is 13.0. The number of hydrogen-bond acceptors (Lipinski definition) is 5. The molecule has 1 aromatic carbocycles. The molecule has 0 spiro atoms. The molecule has 5 nitrogen and oxygen atoms in total. The van der Waals surface area contributed by atoms with E-state index in [0.29, 0.717) is 12.5 Å². The zero-order chi connectivity index (χ0) is 16.2. The third-order valence-electron chi connectivity index (χ3n) is 3.58. The Kier molecular flexibility index (Phi) is 4.78. The quantitative estimate of drug-likeness (QED) is 0.726. The molecule has 0 aliphatic rings. The van der Waals surface area contributed by atoms with Crippen LogP contribution < -0.4 is 5.32 Å². The first-order valence-electron chi connectivity index (χ1n) is 7.45. The zero-order valence-corrected chi connectivity index (χ0v) is 13.8. The van der Waals surface area contributed by atoms with Gasteiger partial charge in [-0.1, -0.05) is 18.3 Å². The lowest BCUT2D eigenvalue weighted by atomic mass is 10.1. The summed E-state index contributed by atoms with van der Waals surface area (Å²) < 4.78 is 17.1. The fourth-order valence-corrected chi connectivity index (χ4v) is 3.16. The van der Waals surface area contributed by atoms with Crippen molar-refractivity contribution in [1.29, 1.82) is 0 Å². The minimum absolute atomic E-state index is 0.244. The molecule has 2 aromatic heterocycles. The van der Waals surface area contributed by atoms with E-state index in [1.807, 2.05) is 0 Å². The molecule has 0 radical (unpaired) electrons. The summed E-state index contributed by atoms with van der Waals surface area (Å²) in [6, 6.07) is 6.39. The van der Waals surface area contributed by atoms with Gasteiger partial charge in [0.05, 0.1) is 22.5 Å². The van der Waals surface area contributed by atoms with Crippen molar-refractivity contribution in [3.05, 3.63) is 52.4 Å². The van der Waals surface area contributed by atoms with Crippen molar-refractivity contribution in [2.45, 2.75) is 32.9 Å². The molecule has 0 aliphatic heterocycles. The Hall–Kier alpha value is -2.12. The van der Waals surface area contributed by atoms with Crippen LogP contribution in [-0.4, -0.2) is 19.8 Å². The molecule has 23 heavy (non-hydrogen) atoms. The first-order chi connectivity index (χ1) is 11.1. The smallest absolute Gasteiger partial charge is 0.123 e. The molecule has 0 unspecified atom stereocenters. The van der Waals surface area contributed by atoms with Crippen LogP contribution in [0, 0.1) is 5.82 Å². The van der Waals surface area contributed by atoms with Crippen LogP contribution in [0.15, 0.2) is 30.5 Å². The number of aromatic amines is 1. The predicted octanol–water partition coefficient (Wildman–Crippen LogP) is 3.48. The fourth-order valence-electron chi connectivity index (χ4n) is 2.40. The molecule has 0 fully saturated rings. The summed E-state index contributed by atoms with van der Waals surface area (Å²) in [5.41, 5.74) is 3.92. The summed E-state index contributed by atoms with van der Waals surface area (Å²) in [7, 11) is 0. The summed E-state index contributed by atoms with van der Waals surface area (Å²) in [5.74, 6) is 0.126. The van der Waals surface area contributed by atoms with Gasteiger partial charge < -0.3 is 5.32 Å². The maximum Gasteiger partial charge on any atom is 0.123 e. The Morgan fingerprint density at radius 1 is 1.22 bits per heavy atom. The van der Waals surface area contributed by atoms with E-state index in [0.717, 1.165) is 33.9 Å². The lowest BCUT2D eigenvalue weighted by molar-refractivity contribution is 0.628. The molecule has 0 atom stereocenters. The minimum Gasteiger partial charge on any atom is -0.308 e. The van der Waals surface area contributed by atoms with Crippen molar-refractivity contribution >= 4 is 11.5 Å². The monoisotopic (exact) mass is 331 g/mol. The van der Waals surface area contributed by atoms with Crippen LogP contribution in [0.1, 0.15) is 35.9 Å². The Labute approximate surface area is 138 Å². The summed E-state index contributed by atoms with van der Waals surface area (Å²) >= 11 is 1.43. The molecule has 0 aliphatic carbocycles. The van der Waals surface area contributed by atoms with Crippen molar-refractivity contribution in [1.82, 2.24) is 25.1 Å². The lowest BCUT2D eigenvalue weighted by Crippen LogP contribution is -2.13. The molecule has 0 amide bonds. The molecular formula is C16H18FN5S. The van der Waals surface area contributed by atoms with Crippen LogP contribution in [0.5, 0.6) is 0 Å². The summed E-state index contributed by atoms with van der Waals surface area (Å²) in [5, 5.41) is 14.7. The molecule has 3 aromatic rings. The number of hydrogen-bond donors (Lipinski definition) is 2. The number of halogens is 1. The molecule has 0 bridgehead atoms. The number of nitrogens with zero attached hydrogens (tertiary/aromatic N) is 3. The molecule has 3 rings (SSSR count). The van der Waals surface area contributed by atoms with Crippen molar-refractivity contribution in [3.63, 3.8) is 0 Å². The summed E-state index contributed by atoms with van der Waals surface area (Å²) in [6.07, 6.45) is 1.79. The highest BCUT2D eigenvalue weighted by Crippen LogP contribution is 2.22. The Bertz CT molecular complexity index is 763. The second kappa shape index (κ2) is 6.97. The molecule has 2 heterocycles.